The number of nitrogens with one attached hydrogen (secondary N) is 2. The Balaban J connectivity index is 1.39. The van der Waals surface area contributed by atoms with Crippen LogP contribution in [0.1, 0.15) is 56.7 Å². The second kappa shape index (κ2) is 11.7. The van der Waals surface area contributed by atoms with E-state index in [0.717, 1.165) is 6.42 Å². The van der Waals surface area contributed by atoms with E-state index in [2.05, 4.69) is 20.6 Å². The molecule has 11 heteroatoms. The number of carbonyl (C=O) groups excluding carboxylic acids is 2. The zero-order valence-corrected chi connectivity index (χ0v) is 23.6. The molecule has 5 rings (SSSR count). The molecule has 1 aliphatic heterocycles. The van der Waals surface area contributed by atoms with Gasteiger partial charge in [-0.1, -0.05) is 43.5 Å². The first-order valence-corrected chi connectivity index (χ1v) is 14.2. The van der Waals surface area contributed by atoms with Gasteiger partial charge in [-0.3, -0.25) is 15.1 Å². The Morgan fingerprint density at radius 1 is 1.20 bits per heavy atom. The van der Waals surface area contributed by atoms with Crippen molar-refractivity contribution in [3.63, 3.8) is 0 Å². The standard InChI is InChI=1S/C30H34ClFN6O3/c1-2-29(41)16-24(38(18-29)28(40)37-26-11-9-21(31)17-35-26)27(39)36-23-15-20(8-10-22(23)32)30(33,13-12-19-6-7-19)25-5-3-4-14-34-25/h3-5,8-11,14-15,17,19,24,41H,2,6-7,12-13,16,18,33H2,1H3,(H,36,39)(H,35,37,40). The highest BCUT2D eigenvalue weighted by atomic mass is 35.5. The van der Waals surface area contributed by atoms with Gasteiger partial charge in [0.1, 0.15) is 17.7 Å². The number of anilines is 2. The molecule has 0 radical (unpaired) electrons. The van der Waals surface area contributed by atoms with E-state index >= 15 is 4.39 Å². The molecule has 5 N–H and O–H groups in total. The lowest BCUT2D eigenvalue weighted by molar-refractivity contribution is -0.119. The number of β-amino-alcohol motifs (C(OH)–C–C–N with tert-alkyl or cyclic N) is 1. The summed E-state index contributed by atoms with van der Waals surface area (Å²) in [6, 6.07) is 11.4. The molecule has 0 bridgehead atoms. The first kappa shape index (κ1) is 28.9. The molecule has 9 nitrogen and oxygen atoms in total. The van der Waals surface area contributed by atoms with E-state index in [-0.39, 0.29) is 24.5 Å². The van der Waals surface area contributed by atoms with Gasteiger partial charge in [-0.2, -0.15) is 0 Å². The number of urea groups is 1. The lowest BCUT2D eigenvalue weighted by Crippen LogP contribution is -2.45. The molecule has 3 heterocycles. The quantitative estimate of drug-likeness (QED) is 0.280. The van der Waals surface area contributed by atoms with Crippen molar-refractivity contribution in [1.29, 1.82) is 0 Å². The molecule has 3 unspecified atom stereocenters. The second-order valence-electron chi connectivity index (χ2n) is 11.1. The number of amides is 3. The van der Waals surface area contributed by atoms with Crippen molar-refractivity contribution in [3.8, 4) is 0 Å². The highest BCUT2D eigenvalue weighted by Gasteiger charge is 2.47. The van der Waals surface area contributed by atoms with Crippen molar-refractivity contribution >= 4 is 35.0 Å². The predicted octanol–water partition coefficient (Wildman–Crippen LogP) is 5.05. The Morgan fingerprint density at radius 2 is 2.00 bits per heavy atom. The number of hydrogen-bond donors (Lipinski definition) is 4. The van der Waals surface area contributed by atoms with Crippen molar-refractivity contribution in [3.05, 3.63) is 83.0 Å². The van der Waals surface area contributed by atoms with Crippen LogP contribution in [0.15, 0.2) is 60.9 Å². The van der Waals surface area contributed by atoms with Crippen molar-refractivity contribution in [1.82, 2.24) is 14.9 Å². The van der Waals surface area contributed by atoms with Gasteiger partial charge in [0.05, 0.1) is 34.1 Å². The maximum absolute atomic E-state index is 15.1. The van der Waals surface area contributed by atoms with Crippen LogP contribution in [0.25, 0.3) is 0 Å². The van der Waals surface area contributed by atoms with E-state index in [4.69, 9.17) is 17.3 Å². The van der Waals surface area contributed by atoms with Crippen LogP contribution < -0.4 is 16.4 Å². The van der Waals surface area contributed by atoms with Crippen LogP contribution in [0.2, 0.25) is 5.02 Å². The van der Waals surface area contributed by atoms with Gasteiger partial charge in [0, 0.05) is 18.8 Å². The number of halogens is 2. The van der Waals surface area contributed by atoms with E-state index in [1.165, 1.54) is 42.1 Å². The summed E-state index contributed by atoms with van der Waals surface area (Å²) in [5, 5.41) is 16.7. The minimum Gasteiger partial charge on any atom is -0.388 e. The monoisotopic (exact) mass is 580 g/mol. The van der Waals surface area contributed by atoms with E-state index in [9.17, 15) is 14.7 Å². The molecular weight excluding hydrogens is 547 g/mol. The normalized spacial score (nSPS) is 21.8. The fraction of sp³-hybridized carbons (Fsp3) is 0.400. The van der Waals surface area contributed by atoms with Crippen molar-refractivity contribution in [2.24, 2.45) is 11.7 Å². The van der Waals surface area contributed by atoms with Crippen molar-refractivity contribution < 1.29 is 19.1 Å². The Hall–Kier alpha value is -3.60. The molecule has 216 valence electrons. The summed E-state index contributed by atoms with van der Waals surface area (Å²) in [5.74, 6) is -0.397. The molecule has 0 spiro atoms. The van der Waals surface area contributed by atoms with Gasteiger partial charge in [0.25, 0.3) is 0 Å². The number of likely N-dealkylation sites (tertiary alicyclic amines) is 1. The molecule has 41 heavy (non-hydrogen) atoms. The number of nitrogens with two attached hydrogens (primary N) is 1. The lowest BCUT2D eigenvalue weighted by atomic mass is 9.82. The van der Waals surface area contributed by atoms with E-state index < -0.39 is 34.9 Å². The molecular formula is C30H34ClFN6O3. The maximum atomic E-state index is 15.1. The number of benzene rings is 1. The first-order chi connectivity index (χ1) is 19.6. The molecule has 3 amide bonds. The average molecular weight is 581 g/mol. The van der Waals surface area contributed by atoms with Crippen LogP contribution >= 0.6 is 11.6 Å². The zero-order chi connectivity index (χ0) is 29.2. The number of aliphatic hydroxyl groups is 1. The fourth-order valence-electron chi connectivity index (χ4n) is 5.30. The molecule has 1 saturated carbocycles. The van der Waals surface area contributed by atoms with Gasteiger partial charge in [0.15, 0.2) is 0 Å². The van der Waals surface area contributed by atoms with E-state index in [1.54, 1.807) is 25.3 Å². The topological polar surface area (TPSA) is 133 Å². The van der Waals surface area contributed by atoms with Gasteiger partial charge >= 0.3 is 6.03 Å². The van der Waals surface area contributed by atoms with Crippen molar-refractivity contribution in [2.75, 3.05) is 17.2 Å². The molecule has 1 aromatic carbocycles. The number of aromatic nitrogens is 2. The third-order valence-corrected chi connectivity index (χ3v) is 8.33. The third kappa shape index (κ3) is 6.50. The largest absolute Gasteiger partial charge is 0.388 e. The van der Waals surface area contributed by atoms with Crippen molar-refractivity contribution in [2.45, 2.75) is 62.6 Å². The number of pyridine rings is 2. The van der Waals surface area contributed by atoms with Gasteiger partial charge in [0.2, 0.25) is 5.91 Å². The number of hydrogen-bond acceptors (Lipinski definition) is 6. The smallest absolute Gasteiger partial charge is 0.323 e. The Bertz CT molecular complexity index is 1410. The number of nitrogens with zero attached hydrogens (tertiary/aromatic N) is 3. The summed E-state index contributed by atoms with van der Waals surface area (Å²) in [5.41, 5.74) is 5.94. The van der Waals surface area contributed by atoms with Crippen LogP contribution in [0.5, 0.6) is 0 Å². The van der Waals surface area contributed by atoms with Crippen LogP contribution in [-0.4, -0.2) is 50.1 Å². The van der Waals surface area contributed by atoms with E-state index in [0.29, 0.717) is 35.0 Å². The van der Waals surface area contributed by atoms with Gasteiger partial charge in [-0.15, -0.1) is 0 Å². The predicted molar refractivity (Wildman–Crippen MR) is 155 cm³/mol. The summed E-state index contributed by atoms with van der Waals surface area (Å²) in [7, 11) is 0. The Labute approximate surface area is 243 Å². The Kier molecular flexibility index (Phi) is 8.26. The molecule has 2 aromatic heterocycles. The van der Waals surface area contributed by atoms with Crippen LogP contribution in [0, 0.1) is 11.7 Å². The minimum absolute atomic E-state index is 0.00569. The molecule has 3 atom stereocenters. The Morgan fingerprint density at radius 3 is 2.66 bits per heavy atom. The van der Waals surface area contributed by atoms with Gasteiger partial charge in [-0.25, -0.2) is 14.2 Å². The number of rotatable bonds is 9. The van der Waals surface area contributed by atoms with Crippen LogP contribution in [0.3, 0.4) is 0 Å². The van der Waals surface area contributed by atoms with Gasteiger partial charge in [-0.05, 0) is 67.1 Å². The van der Waals surface area contributed by atoms with Crippen LogP contribution in [-0.2, 0) is 10.3 Å². The molecule has 2 fully saturated rings. The first-order valence-electron chi connectivity index (χ1n) is 13.8. The average Bonchev–Trinajstić information content (AvgIpc) is 3.74. The summed E-state index contributed by atoms with van der Waals surface area (Å²) in [6.07, 6.45) is 7.26. The minimum atomic E-state index is -1.28. The number of carbonyl (C=O) groups is 2. The zero-order valence-electron chi connectivity index (χ0n) is 22.8. The SMILES string of the molecule is CCC1(O)CC(C(=O)Nc2cc(C(N)(CCC3CC3)c3ccccn3)ccc2F)N(C(=O)Nc2ccc(Cl)cn2)C1. The summed E-state index contributed by atoms with van der Waals surface area (Å²) < 4.78 is 15.1. The molecule has 3 aromatic rings. The highest BCUT2D eigenvalue weighted by molar-refractivity contribution is 6.30. The van der Waals surface area contributed by atoms with E-state index in [1.807, 2.05) is 18.2 Å². The van der Waals surface area contributed by atoms with Gasteiger partial charge < -0.3 is 21.1 Å². The molecule has 1 aliphatic carbocycles. The fourth-order valence-corrected chi connectivity index (χ4v) is 5.41. The maximum Gasteiger partial charge on any atom is 0.323 e. The molecule has 1 saturated heterocycles. The third-order valence-electron chi connectivity index (χ3n) is 8.10. The van der Waals surface area contributed by atoms with Crippen LogP contribution in [0.4, 0.5) is 20.7 Å². The summed E-state index contributed by atoms with van der Waals surface area (Å²) in [6.45, 7) is 1.70. The highest BCUT2D eigenvalue weighted by Crippen LogP contribution is 2.40. The summed E-state index contributed by atoms with van der Waals surface area (Å²) in [4.78, 5) is 36.5. The molecule has 2 aliphatic rings. The summed E-state index contributed by atoms with van der Waals surface area (Å²) >= 11 is 5.88. The second-order valence-corrected chi connectivity index (χ2v) is 11.5. The lowest BCUT2D eigenvalue weighted by Gasteiger charge is -2.30.